The lowest BCUT2D eigenvalue weighted by atomic mass is 10.1. The summed E-state index contributed by atoms with van der Waals surface area (Å²) in [6, 6.07) is 14.0. The van der Waals surface area contributed by atoms with E-state index in [1.165, 1.54) is 11.1 Å². The summed E-state index contributed by atoms with van der Waals surface area (Å²) < 4.78 is 16.3. The molecule has 2 aromatic rings. The van der Waals surface area contributed by atoms with Crippen molar-refractivity contribution in [2.45, 2.75) is 13.5 Å². The summed E-state index contributed by atoms with van der Waals surface area (Å²) in [6.07, 6.45) is 0. The number of aryl methyl sites for hydroxylation is 1. The zero-order valence-electron chi connectivity index (χ0n) is 15.0. The smallest absolute Gasteiger partial charge is 0.231 e. The van der Waals surface area contributed by atoms with Gasteiger partial charge in [0.05, 0.1) is 6.54 Å². The number of nitrogens with one attached hydrogen (secondary N) is 2. The van der Waals surface area contributed by atoms with Crippen molar-refractivity contribution < 1.29 is 14.2 Å². The van der Waals surface area contributed by atoms with Crippen LogP contribution < -0.4 is 24.8 Å². The molecule has 0 radical (unpaired) electrons. The number of fused-ring (bicyclic) bond motifs is 1. The molecule has 0 aromatic heterocycles. The normalized spacial score (nSPS) is 12.3. The second-order valence-electron chi connectivity index (χ2n) is 5.70. The highest BCUT2D eigenvalue weighted by Crippen LogP contribution is 2.34. The van der Waals surface area contributed by atoms with Crippen LogP contribution in [0.15, 0.2) is 47.5 Å². The molecule has 0 fully saturated rings. The van der Waals surface area contributed by atoms with Crippen LogP contribution in [-0.2, 0) is 6.54 Å². The van der Waals surface area contributed by atoms with Gasteiger partial charge in [0.25, 0.3) is 0 Å². The Kier molecular flexibility index (Phi) is 7.83. The molecule has 0 spiro atoms. The highest BCUT2D eigenvalue weighted by molar-refractivity contribution is 14.0. The average molecular weight is 469 g/mol. The number of nitrogens with zero attached hydrogens (tertiary/aromatic N) is 1. The highest BCUT2D eigenvalue weighted by atomic mass is 127. The summed E-state index contributed by atoms with van der Waals surface area (Å²) >= 11 is 0. The summed E-state index contributed by atoms with van der Waals surface area (Å²) in [7, 11) is 1.75. The minimum atomic E-state index is 0. The van der Waals surface area contributed by atoms with Gasteiger partial charge in [0, 0.05) is 19.7 Å². The summed E-state index contributed by atoms with van der Waals surface area (Å²) in [6.45, 7) is 4.23. The Bertz CT molecular complexity index is 735. The molecule has 26 heavy (non-hydrogen) atoms. The Morgan fingerprint density at radius 1 is 1.08 bits per heavy atom. The Hall–Kier alpha value is -2.16. The Labute approximate surface area is 171 Å². The molecule has 0 bridgehead atoms. The molecule has 1 aliphatic heterocycles. The molecule has 2 aromatic carbocycles. The van der Waals surface area contributed by atoms with Crippen LogP contribution in [0, 0.1) is 6.92 Å². The molecule has 0 amide bonds. The number of ether oxygens (including phenoxy) is 3. The summed E-state index contributed by atoms with van der Waals surface area (Å²) in [5, 5.41) is 6.52. The molecule has 140 valence electrons. The molecule has 0 unspecified atom stereocenters. The number of aliphatic imine (C=N–C) groups is 1. The minimum absolute atomic E-state index is 0. The van der Waals surface area contributed by atoms with E-state index in [4.69, 9.17) is 14.2 Å². The standard InChI is InChI=1S/C19H23N3O3.HI/c1-14-3-5-15(6-4-14)12-22-19(20-2)21-9-10-23-16-7-8-17-18(11-16)25-13-24-17;/h3-8,11H,9-10,12-13H2,1-2H3,(H2,20,21,22);1H. The van der Waals surface area contributed by atoms with E-state index in [0.717, 1.165) is 29.8 Å². The molecule has 1 heterocycles. The van der Waals surface area contributed by atoms with Crippen LogP contribution in [-0.4, -0.2) is 33.0 Å². The third kappa shape index (κ3) is 5.69. The van der Waals surface area contributed by atoms with Gasteiger partial charge in [-0.2, -0.15) is 0 Å². The van der Waals surface area contributed by atoms with E-state index >= 15 is 0 Å². The fourth-order valence-corrected chi connectivity index (χ4v) is 2.42. The van der Waals surface area contributed by atoms with Crippen molar-refractivity contribution in [1.29, 1.82) is 0 Å². The first-order valence-electron chi connectivity index (χ1n) is 8.27. The molecule has 0 saturated heterocycles. The maximum absolute atomic E-state index is 5.72. The maximum Gasteiger partial charge on any atom is 0.231 e. The summed E-state index contributed by atoms with van der Waals surface area (Å²) in [4.78, 5) is 4.21. The van der Waals surface area contributed by atoms with Crippen LogP contribution in [0.1, 0.15) is 11.1 Å². The van der Waals surface area contributed by atoms with E-state index in [2.05, 4.69) is 46.8 Å². The fraction of sp³-hybridized carbons (Fsp3) is 0.316. The molecule has 0 saturated carbocycles. The predicted molar refractivity (Wildman–Crippen MR) is 113 cm³/mol. The van der Waals surface area contributed by atoms with Crippen molar-refractivity contribution in [3.8, 4) is 17.2 Å². The Morgan fingerprint density at radius 2 is 1.85 bits per heavy atom. The molecule has 0 aliphatic carbocycles. The van der Waals surface area contributed by atoms with Gasteiger partial charge in [-0.15, -0.1) is 24.0 Å². The van der Waals surface area contributed by atoms with Gasteiger partial charge < -0.3 is 24.8 Å². The lowest BCUT2D eigenvalue weighted by molar-refractivity contribution is 0.173. The molecular weight excluding hydrogens is 445 g/mol. The van der Waals surface area contributed by atoms with Crippen molar-refractivity contribution >= 4 is 29.9 Å². The third-order valence-corrected chi connectivity index (χ3v) is 3.81. The van der Waals surface area contributed by atoms with Gasteiger partial charge in [-0.05, 0) is 24.6 Å². The van der Waals surface area contributed by atoms with Crippen molar-refractivity contribution in [3.63, 3.8) is 0 Å². The topological polar surface area (TPSA) is 64.1 Å². The first-order chi connectivity index (χ1) is 12.2. The quantitative estimate of drug-likeness (QED) is 0.295. The molecule has 7 heteroatoms. The molecular formula is C19H24IN3O3. The van der Waals surface area contributed by atoms with E-state index in [9.17, 15) is 0 Å². The van der Waals surface area contributed by atoms with E-state index in [1.54, 1.807) is 7.05 Å². The Balaban J connectivity index is 0.00000243. The number of guanidine groups is 1. The number of hydrogen-bond acceptors (Lipinski definition) is 4. The minimum Gasteiger partial charge on any atom is -0.492 e. The number of benzene rings is 2. The average Bonchev–Trinajstić information content (AvgIpc) is 3.10. The number of halogens is 1. The first kappa shape index (κ1) is 20.2. The second-order valence-corrected chi connectivity index (χ2v) is 5.70. The largest absolute Gasteiger partial charge is 0.492 e. The van der Waals surface area contributed by atoms with E-state index in [-0.39, 0.29) is 30.8 Å². The SMILES string of the molecule is CN=C(NCCOc1ccc2c(c1)OCO2)NCc1ccc(C)cc1.I. The molecule has 0 atom stereocenters. The first-order valence-corrected chi connectivity index (χ1v) is 8.27. The van der Waals surface area contributed by atoms with Crippen LogP contribution in [0.2, 0.25) is 0 Å². The van der Waals surface area contributed by atoms with Gasteiger partial charge in [-0.25, -0.2) is 0 Å². The van der Waals surface area contributed by atoms with Crippen LogP contribution in [0.5, 0.6) is 17.2 Å². The van der Waals surface area contributed by atoms with Crippen LogP contribution in [0.25, 0.3) is 0 Å². The lowest BCUT2D eigenvalue weighted by Gasteiger charge is -2.13. The summed E-state index contributed by atoms with van der Waals surface area (Å²) in [5.74, 6) is 2.98. The monoisotopic (exact) mass is 469 g/mol. The zero-order chi connectivity index (χ0) is 17.5. The van der Waals surface area contributed by atoms with E-state index in [0.29, 0.717) is 13.2 Å². The van der Waals surface area contributed by atoms with E-state index in [1.807, 2.05) is 18.2 Å². The third-order valence-electron chi connectivity index (χ3n) is 3.81. The van der Waals surface area contributed by atoms with Crippen molar-refractivity contribution in [1.82, 2.24) is 10.6 Å². The number of rotatable bonds is 6. The van der Waals surface area contributed by atoms with Gasteiger partial charge in [-0.1, -0.05) is 29.8 Å². The van der Waals surface area contributed by atoms with Gasteiger partial charge in [0.2, 0.25) is 6.79 Å². The molecule has 3 rings (SSSR count). The van der Waals surface area contributed by atoms with Gasteiger partial charge in [-0.3, -0.25) is 4.99 Å². The van der Waals surface area contributed by atoms with Gasteiger partial charge in [0.15, 0.2) is 17.5 Å². The summed E-state index contributed by atoms with van der Waals surface area (Å²) in [5.41, 5.74) is 2.47. The van der Waals surface area contributed by atoms with Gasteiger partial charge in [0.1, 0.15) is 12.4 Å². The molecule has 6 nitrogen and oxygen atoms in total. The van der Waals surface area contributed by atoms with Crippen LogP contribution in [0.3, 0.4) is 0 Å². The predicted octanol–water partition coefficient (Wildman–Crippen LogP) is 3.09. The number of hydrogen-bond donors (Lipinski definition) is 2. The van der Waals surface area contributed by atoms with Gasteiger partial charge >= 0.3 is 0 Å². The molecule has 1 aliphatic rings. The zero-order valence-corrected chi connectivity index (χ0v) is 17.3. The Morgan fingerprint density at radius 3 is 2.62 bits per heavy atom. The lowest BCUT2D eigenvalue weighted by Crippen LogP contribution is -2.38. The second kappa shape index (κ2) is 10.1. The van der Waals surface area contributed by atoms with E-state index < -0.39 is 0 Å². The maximum atomic E-state index is 5.72. The fourth-order valence-electron chi connectivity index (χ4n) is 2.42. The van der Waals surface area contributed by atoms with Crippen LogP contribution in [0.4, 0.5) is 0 Å². The van der Waals surface area contributed by atoms with Crippen LogP contribution >= 0.6 is 24.0 Å². The van der Waals surface area contributed by atoms with Crippen molar-refractivity contribution in [2.24, 2.45) is 4.99 Å². The van der Waals surface area contributed by atoms with Crippen molar-refractivity contribution in [3.05, 3.63) is 53.6 Å². The van der Waals surface area contributed by atoms with Crippen molar-refractivity contribution in [2.75, 3.05) is 27.0 Å². The molecule has 2 N–H and O–H groups in total. The highest BCUT2D eigenvalue weighted by Gasteiger charge is 2.13.